The minimum absolute atomic E-state index is 0.0223. The number of carbonyl (C=O) groups excluding carboxylic acids is 2. The van der Waals surface area contributed by atoms with Gasteiger partial charge in [0.15, 0.2) is 5.78 Å². The maximum absolute atomic E-state index is 13.9. The topological polar surface area (TPSA) is 37.4 Å². The lowest BCUT2D eigenvalue weighted by molar-refractivity contribution is -0.116. The molecule has 1 amide bonds. The molecule has 0 bridgehead atoms. The van der Waals surface area contributed by atoms with Gasteiger partial charge in [0.2, 0.25) is 5.91 Å². The summed E-state index contributed by atoms with van der Waals surface area (Å²) in [5.41, 5.74) is 1.94. The highest BCUT2D eigenvalue weighted by molar-refractivity contribution is 9.09. The molecule has 22 heavy (non-hydrogen) atoms. The summed E-state index contributed by atoms with van der Waals surface area (Å²) < 4.78 is 13.9. The molecule has 0 spiro atoms. The first-order valence-electron chi connectivity index (χ1n) is 6.91. The molecule has 0 fully saturated rings. The molecule has 0 N–H and O–H groups in total. The van der Waals surface area contributed by atoms with Crippen LogP contribution in [0.3, 0.4) is 0 Å². The van der Waals surface area contributed by atoms with Gasteiger partial charge in [0.25, 0.3) is 0 Å². The molecule has 0 unspecified atom stereocenters. The van der Waals surface area contributed by atoms with Crippen molar-refractivity contribution in [2.75, 3.05) is 16.8 Å². The Morgan fingerprint density at radius 2 is 1.82 bits per heavy atom. The van der Waals surface area contributed by atoms with Crippen molar-refractivity contribution in [3.63, 3.8) is 0 Å². The summed E-state index contributed by atoms with van der Waals surface area (Å²) in [6, 6.07) is 11.2. The normalized spacial score (nSPS) is 13.1. The number of rotatable bonds is 3. The van der Waals surface area contributed by atoms with E-state index >= 15 is 0 Å². The Morgan fingerprint density at radius 1 is 1.09 bits per heavy atom. The third kappa shape index (κ3) is 2.46. The molecule has 2 aromatic carbocycles. The highest BCUT2D eigenvalue weighted by Gasteiger charge is 2.29. The third-order valence-electron chi connectivity index (χ3n) is 3.77. The lowest BCUT2D eigenvalue weighted by Gasteiger charge is -2.19. The Bertz CT molecular complexity index is 760. The summed E-state index contributed by atoms with van der Waals surface area (Å²) in [6.07, 6.45) is 0.701. The van der Waals surface area contributed by atoms with Gasteiger partial charge in [-0.1, -0.05) is 40.2 Å². The SMILES string of the molecule is O=C(c1ccccc1F)c1cccc2c1N(C(=O)CBr)CC2. The molecule has 1 heterocycles. The van der Waals surface area contributed by atoms with E-state index in [0.717, 1.165) is 5.56 Å². The van der Waals surface area contributed by atoms with E-state index < -0.39 is 11.6 Å². The monoisotopic (exact) mass is 361 g/mol. The molecule has 1 aliphatic heterocycles. The number of hydrogen-bond donors (Lipinski definition) is 0. The fourth-order valence-electron chi connectivity index (χ4n) is 2.75. The fraction of sp³-hybridized carbons (Fsp3) is 0.176. The molecule has 112 valence electrons. The number of para-hydroxylation sites is 1. The molecule has 0 saturated heterocycles. The summed E-state index contributed by atoms with van der Waals surface area (Å²) in [5.74, 6) is -1.06. The highest BCUT2D eigenvalue weighted by Crippen LogP contribution is 2.33. The van der Waals surface area contributed by atoms with Crippen LogP contribution in [0.2, 0.25) is 0 Å². The van der Waals surface area contributed by atoms with Gasteiger partial charge < -0.3 is 4.90 Å². The second-order valence-corrected chi connectivity index (χ2v) is 5.61. The maximum Gasteiger partial charge on any atom is 0.237 e. The summed E-state index contributed by atoms with van der Waals surface area (Å²) >= 11 is 3.16. The quantitative estimate of drug-likeness (QED) is 0.621. The van der Waals surface area contributed by atoms with Crippen molar-refractivity contribution in [1.29, 1.82) is 0 Å². The standard InChI is InChI=1S/C17H13BrFNO2/c18-10-15(21)20-9-8-11-4-3-6-13(16(11)20)17(22)12-5-1-2-7-14(12)19/h1-7H,8-10H2. The van der Waals surface area contributed by atoms with E-state index in [9.17, 15) is 14.0 Å². The molecule has 0 saturated carbocycles. The van der Waals surface area contributed by atoms with Gasteiger partial charge in [-0.2, -0.15) is 0 Å². The first-order valence-corrected chi connectivity index (χ1v) is 8.03. The molecule has 0 aliphatic carbocycles. The lowest BCUT2D eigenvalue weighted by Crippen LogP contribution is -2.31. The summed E-state index contributed by atoms with van der Waals surface area (Å²) in [7, 11) is 0. The van der Waals surface area contributed by atoms with Crippen LogP contribution in [0.5, 0.6) is 0 Å². The second-order valence-electron chi connectivity index (χ2n) is 5.05. The summed E-state index contributed by atoms with van der Waals surface area (Å²) in [5, 5.41) is 0.189. The zero-order chi connectivity index (χ0) is 15.7. The van der Waals surface area contributed by atoms with Crippen molar-refractivity contribution in [3.8, 4) is 0 Å². The van der Waals surface area contributed by atoms with Crippen LogP contribution in [0.1, 0.15) is 21.5 Å². The van der Waals surface area contributed by atoms with Crippen LogP contribution in [0.25, 0.3) is 0 Å². The smallest absolute Gasteiger partial charge is 0.237 e. The molecule has 0 radical (unpaired) electrons. The van der Waals surface area contributed by atoms with Crippen molar-refractivity contribution in [2.24, 2.45) is 0 Å². The van der Waals surface area contributed by atoms with Crippen molar-refractivity contribution in [1.82, 2.24) is 0 Å². The van der Waals surface area contributed by atoms with Gasteiger partial charge >= 0.3 is 0 Å². The van der Waals surface area contributed by atoms with Gasteiger partial charge in [-0.05, 0) is 30.2 Å². The Balaban J connectivity index is 2.10. The van der Waals surface area contributed by atoms with Gasteiger partial charge in [0.1, 0.15) is 5.82 Å². The molecule has 5 heteroatoms. The van der Waals surface area contributed by atoms with Gasteiger partial charge in [0, 0.05) is 12.1 Å². The molecule has 0 atom stereocenters. The van der Waals surface area contributed by atoms with E-state index in [1.165, 1.54) is 12.1 Å². The maximum atomic E-state index is 13.9. The number of benzene rings is 2. The number of halogens is 2. The number of nitrogens with zero attached hydrogens (tertiary/aromatic N) is 1. The zero-order valence-electron chi connectivity index (χ0n) is 11.7. The van der Waals surface area contributed by atoms with Crippen molar-refractivity contribution >= 4 is 33.3 Å². The van der Waals surface area contributed by atoms with E-state index in [2.05, 4.69) is 15.9 Å². The number of amides is 1. The van der Waals surface area contributed by atoms with E-state index in [1.54, 1.807) is 29.2 Å². The van der Waals surface area contributed by atoms with Crippen molar-refractivity contribution in [3.05, 3.63) is 65.0 Å². The Kier molecular flexibility index (Phi) is 4.07. The van der Waals surface area contributed by atoms with Crippen LogP contribution in [0.4, 0.5) is 10.1 Å². The predicted molar refractivity (Wildman–Crippen MR) is 86.1 cm³/mol. The number of anilines is 1. The van der Waals surface area contributed by atoms with Crippen LogP contribution >= 0.6 is 15.9 Å². The minimum atomic E-state index is -0.554. The number of hydrogen-bond acceptors (Lipinski definition) is 2. The minimum Gasteiger partial charge on any atom is -0.310 e. The second kappa shape index (κ2) is 6.01. The average Bonchev–Trinajstić information content (AvgIpc) is 2.98. The van der Waals surface area contributed by atoms with Crippen LogP contribution in [-0.2, 0) is 11.2 Å². The molecule has 0 aromatic heterocycles. The molecular weight excluding hydrogens is 349 g/mol. The van der Waals surface area contributed by atoms with E-state index in [-0.39, 0.29) is 16.8 Å². The Hall–Kier alpha value is -2.01. The molecule has 3 rings (SSSR count). The van der Waals surface area contributed by atoms with E-state index in [4.69, 9.17) is 0 Å². The molecule has 2 aromatic rings. The van der Waals surface area contributed by atoms with Gasteiger partial charge in [-0.3, -0.25) is 9.59 Å². The fourth-order valence-corrected chi connectivity index (χ4v) is 3.05. The Morgan fingerprint density at radius 3 is 2.55 bits per heavy atom. The molecular formula is C17H13BrFNO2. The molecule has 3 nitrogen and oxygen atoms in total. The number of ketones is 1. The largest absolute Gasteiger partial charge is 0.310 e. The first kappa shape index (κ1) is 14.9. The van der Waals surface area contributed by atoms with Gasteiger partial charge in [-0.25, -0.2) is 4.39 Å². The first-order chi connectivity index (χ1) is 10.6. The lowest BCUT2D eigenvalue weighted by atomic mass is 9.98. The van der Waals surface area contributed by atoms with Crippen LogP contribution in [-0.4, -0.2) is 23.6 Å². The third-order valence-corrected chi connectivity index (χ3v) is 4.25. The van der Waals surface area contributed by atoms with E-state index in [1.807, 2.05) is 6.07 Å². The number of fused-ring (bicyclic) bond motifs is 1. The van der Waals surface area contributed by atoms with Crippen LogP contribution < -0.4 is 4.90 Å². The van der Waals surface area contributed by atoms with E-state index in [0.29, 0.717) is 24.2 Å². The average molecular weight is 362 g/mol. The van der Waals surface area contributed by atoms with Gasteiger partial charge in [0.05, 0.1) is 16.6 Å². The van der Waals surface area contributed by atoms with Crippen molar-refractivity contribution in [2.45, 2.75) is 6.42 Å². The summed E-state index contributed by atoms with van der Waals surface area (Å²) in [6.45, 7) is 0.543. The number of carbonyl (C=O) groups is 2. The van der Waals surface area contributed by atoms with Crippen LogP contribution in [0, 0.1) is 5.82 Å². The highest BCUT2D eigenvalue weighted by atomic mass is 79.9. The number of alkyl halides is 1. The van der Waals surface area contributed by atoms with Gasteiger partial charge in [-0.15, -0.1) is 0 Å². The van der Waals surface area contributed by atoms with Crippen molar-refractivity contribution < 1.29 is 14.0 Å². The Labute approximate surface area is 135 Å². The predicted octanol–water partition coefficient (Wildman–Crippen LogP) is 3.34. The molecule has 1 aliphatic rings. The van der Waals surface area contributed by atoms with Crippen LogP contribution in [0.15, 0.2) is 42.5 Å². The zero-order valence-corrected chi connectivity index (χ0v) is 13.3. The summed E-state index contributed by atoms with van der Waals surface area (Å²) in [4.78, 5) is 26.3.